The van der Waals surface area contributed by atoms with Crippen LogP contribution in [0.3, 0.4) is 0 Å². The Balaban J connectivity index is 2.31. The quantitative estimate of drug-likeness (QED) is 0.873. The van der Waals surface area contributed by atoms with Gasteiger partial charge in [-0.3, -0.25) is 4.98 Å². The summed E-state index contributed by atoms with van der Waals surface area (Å²) >= 11 is 6.01. The van der Waals surface area contributed by atoms with Crippen LogP contribution >= 0.6 is 11.6 Å². The Morgan fingerprint density at radius 2 is 2.05 bits per heavy atom. The summed E-state index contributed by atoms with van der Waals surface area (Å²) in [5.41, 5.74) is 6.70. The number of benzene rings is 1. The fourth-order valence-corrected chi connectivity index (χ4v) is 3.06. The molecule has 0 bridgehead atoms. The summed E-state index contributed by atoms with van der Waals surface area (Å²) in [5.74, 6) is -0.716. The van der Waals surface area contributed by atoms with Crippen LogP contribution in [-0.2, 0) is 16.6 Å². The van der Waals surface area contributed by atoms with Crippen LogP contribution in [0.25, 0.3) is 0 Å². The van der Waals surface area contributed by atoms with E-state index < -0.39 is 15.8 Å². The van der Waals surface area contributed by atoms with Gasteiger partial charge in [-0.1, -0.05) is 11.6 Å². The number of sulfonamides is 1. The molecule has 0 amide bonds. The van der Waals surface area contributed by atoms with Gasteiger partial charge in [0.2, 0.25) is 10.0 Å². The van der Waals surface area contributed by atoms with Gasteiger partial charge >= 0.3 is 0 Å². The number of anilines is 1. The molecule has 2 N–H and O–H groups in total. The molecule has 0 saturated heterocycles. The molecule has 0 aliphatic heterocycles. The lowest BCUT2D eigenvalue weighted by molar-refractivity contribution is 0.465. The first-order chi connectivity index (χ1) is 9.80. The number of hydrogen-bond acceptors (Lipinski definition) is 4. The number of aromatic nitrogens is 1. The Hall–Kier alpha value is -1.70. The number of hydrogen-bond donors (Lipinski definition) is 1. The molecule has 0 aliphatic carbocycles. The first-order valence-electron chi connectivity index (χ1n) is 5.91. The second-order valence-corrected chi connectivity index (χ2v) is 6.90. The molecule has 8 heteroatoms. The van der Waals surface area contributed by atoms with Gasteiger partial charge in [0, 0.05) is 30.5 Å². The van der Waals surface area contributed by atoms with Gasteiger partial charge in [-0.05, 0) is 29.8 Å². The molecule has 0 atom stereocenters. The molecular weight excluding hydrogens is 317 g/mol. The summed E-state index contributed by atoms with van der Waals surface area (Å²) < 4.78 is 38.8. The maximum atomic E-state index is 13.1. The molecule has 1 heterocycles. The van der Waals surface area contributed by atoms with Crippen molar-refractivity contribution >= 4 is 27.3 Å². The Morgan fingerprint density at radius 3 is 2.71 bits per heavy atom. The van der Waals surface area contributed by atoms with Crippen molar-refractivity contribution in [3.05, 3.63) is 53.1 Å². The third kappa shape index (κ3) is 3.49. The Morgan fingerprint density at radius 1 is 1.33 bits per heavy atom. The predicted octanol–water partition coefficient (Wildman–Crippen LogP) is 2.28. The van der Waals surface area contributed by atoms with Crippen LogP contribution in [0.2, 0.25) is 5.02 Å². The van der Waals surface area contributed by atoms with Crippen LogP contribution in [-0.4, -0.2) is 24.8 Å². The second kappa shape index (κ2) is 5.97. The molecule has 0 fully saturated rings. The summed E-state index contributed by atoms with van der Waals surface area (Å²) in [6.07, 6.45) is 2.03. The van der Waals surface area contributed by atoms with Gasteiger partial charge in [0.15, 0.2) is 0 Å². The number of nitrogens with two attached hydrogens (primary N) is 1. The number of nitrogens with zero attached hydrogens (tertiary/aromatic N) is 2. The van der Waals surface area contributed by atoms with E-state index in [1.807, 2.05) is 0 Å². The van der Waals surface area contributed by atoms with Crippen molar-refractivity contribution in [2.75, 3.05) is 12.8 Å². The smallest absolute Gasteiger partial charge is 0.244 e. The predicted molar refractivity (Wildman–Crippen MR) is 78.7 cm³/mol. The Labute approximate surface area is 127 Å². The lowest BCUT2D eigenvalue weighted by atomic mass is 10.2. The van der Waals surface area contributed by atoms with E-state index in [-0.39, 0.29) is 11.4 Å². The minimum atomic E-state index is -3.86. The summed E-state index contributed by atoms with van der Waals surface area (Å²) in [4.78, 5) is 3.33. The maximum absolute atomic E-state index is 13.1. The van der Waals surface area contributed by atoms with E-state index in [0.29, 0.717) is 16.3 Å². The topological polar surface area (TPSA) is 76.3 Å². The van der Waals surface area contributed by atoms with E-state index in [2.05, 4.69) is 4.98 Å². The SMILES string of the molecule is CN(Cc1cc(N)ccc1Cl)S(=O)(=O)c1cncc(F)c1. The van der Waals surface area contributed by atoms with Crippen molar-refractivity contribution < 1.29 is 12.8 Å². The zero-order chi connectivity index (χ0) is 15.6. The van der Waals surface area contributed by atoms with E-state index in [4.69, 9.17) is 17.3 Å². The number of pyridine rings is 1. The first-order valence-corrected chi connectivity index (χ1v) is 7.73. The van der Waals surface area contributed by atoms with E-state index in [1.54, 1.807) is 18.2 Å². The highest BCUT2D eigenvalue weighted by molar-refractivity contribution is 7.89. The highest BCUT2D eigenvalue weighted by Gasteiger charge is 2.22. The van der Waals surface area contributed by atoms with Crippen LogP contribution in [0.15, 0.2) is 41.6 Å². The third-order valence-corrected chi connectivity index (χ3v) is 4.99. The minimum Gasteiger partial charge on any atom is -0.399 e. The highest BCUT2D eigenvalue weighted by atomic mass is 35.5. The van der Waals surface area contributed by atoms with Crippen molar-refractivity contribution in [2.45, 2.75) is 11.4 Å². The van der Waals surface area contributed by atoms with Gasteiger partial charge in [-0.15, -0.1) is 0 Å². The van der Waals surface area contributed by atoms with E-state index in [1.165, 1.54) is 7.05 Å². The highest BCUT2D eigenvalue weighted by Crippen LogP contribution is 2.23. The number of nitrogen functional groups attached to an aromatic ring is 1. The van der Waals surface area contributed by atoms with Crippen LogP contribution in [0.4, 0.5) is 10.1 Å². The molecule has 0 radical (unpaired) electrons. The summed E-state index contributed by atoms with van der Waals surface area (Å²) in [6.45, 7) is 0.0166. The van der Waals surface area contributed by atoms with Gasteiger partial charge in [-0.2, -0.15) is 4.31 Å². The number of halogens is 2. The standard InChI is InChI=1S/C13H13ClFN3O2S/c1-18(8-9-4-11(16)2-3-13(9)14)21(19,20)12-5-10(15)6-17-7-12/h2-7H,8,16H2,1H3. The van der Waals surface area contributed by atoms with Gasteiger partial charge in [0.1, 0.15) is 10.7 Å². The van der Waals surface area contributed by atoms with Gasteiger partial charge in [-0.25, -0.2) is 12.8 Å². The summed E-state index contributed by atoms with van der Waals surface area (Å²) in [5, 5.41) is 0.406. The molecule has 1 aromatic carbocycles. The lowest BCUT2D eigenvalue weighted by Crippen LogP contribution is -2.27. The molecule has 2 rings (SSSR count). The van der Waals surface area contributed by atoms with Gasteiger partial charge in [0.05, 0.1) is 6.20 Å². The maximum Gasteiger partial charge on any atom is 0.244 e. The minimum absolute atomic E-state index is 0.0166. The van der Waals surface area contributed by atoms with Crippen molar-refractivity contribution in [1.29, 1.82) is 0 Å². The zero-order valence-electron chi connectivity index (χ0n) is 11.1. The number of rotatable bonds is 4. The van der Waals surface area contributed by atoms with Gasteiger partial charge < -0.3 is 5.73 Å². The lowest BCUT2D eigenvalue weighted by Gasteiger charge is -2.18. The molecule has 112 valence electrons. The summed E-state index contributed by atoms with van der Waals surface area (Å²) in [7, 11) is -2.48. The summed E-state index contributed by atoms with van der Waals surface area (Å²) in [6, 6.07) is 5.73. The molecular formula is C13H13ClFN3O2S. The average Bonchev–Trinajstić information content (AvgIpc) is 2.42. The van der Waals surface area contributed by atoms with E-state index in [9.17, 15) is 12.8 Å². The van der Waals surface area contributed by atoms with Gasteiger partial charge in [0.25, 0.3) is 0 Å². The van der Waals surface area contributed by atoms with Crippen LogP contribution in [0.5, 0.6) is 0 Å². The zero-order valence-corrected chi connectivity index (χ0v) is 12.7. The molecule has 1 aromatic heterocycles. The molecule has 0 spiro atoms. The monoisotopic (exact) mass is 329 g/mol. The fourth-order valence-electron chi connectivity index (χ4n) is 1.75. The van der Waals surface area contributed by atoms with E-state index in [0.717, 1.165) is 22.8 Å². The van der Waals surface area contributed by atoms with Crippen molar-refractivity contribution in [3.8, 4) is 0 Å². The third-order valence-electron chi connectivity index (χ3n) is 2.85. The van der Waals surface area contributed by atoms with E-state index >= 15 is 0 Å². The Bertz CT molecular complexity index is 768. The molecule has 21 heavy (non-hydrogen) atoms. The van der Waals surface area contributed by atoms with Crippen LogP contribution in [0, 0.1) is 5.82 Å². The molecule has 5 nitrogen and oxygen atoms in total. The molecule has 2 aromatic rings. The molecule has 0 aliphatic rings. The second-order valence-electron chi connectivity index (χ2n) is 4.45. The van der Waals surface area contributed by atoms with Crippen LogP contribution in [0.1, 0.15) is 5.56 Å². The van der Waals surface area contributed by atoms with Crippen molar-refractivity contribution in [2.24, 2.45) is 0 Å². The normalized spacial score (nSPS) is 11.8. The molecule has 0 saturated carbocycles. The molecule has 0 unspecified atom stereocenters. The van der Waals surface area contributed by atoms with Crippen LogP contribution < -0.4 is 5.73 Å². The fraction of sp³-hybridized carbons (Fsp3) is 0.154. The van der Waals surface area contributed by atoms with Crippen molar-refractivity contribution in [3.63, 3.8) is 0 Å². The largest absolute Gasteiger partial charge is 0.399 e. The van der Waals surface area contributed by atoms with Crippen molar-refractivity contribution in [1.82, 2.24) is 9.29 Å². The average molecular weight is 330 g/mol. The Kier molecular flexibility index (Phi) is 4.46. The first kappa shape index (κ1) is 15.7.